The minimum absolute atomic E-state index is 0. The monoisotopic (exact) mass is 441 g/mol. The number of pyridine rings is 1. The molecule has 0 fully saturated rings. The summed E-state index contributed by atoms with van der Waals surface area (Å²) in [5.74, 6) is 1.98. The maximum Gasteiger partial charge on any atom is 0.342 e. The second-order valence-electron chi connectivity index (χ2n) is 6.68. The van der Waals surface area contributed by atoms with Crippen molar-refractivity contribution >= 4 is 16.8 Å². The zero-order valence-electron chi connectivity index (χ0n) is 16.0. The summed E-state index contributed by atoms with van der Waals surface area (Å²) in [6, 6.07) is 19.8. The Balaban J connectivity index is 0.00000192. The first-order chi connectivity index (χ1) is 13.1. The van der Waals surface area contributed by atoms with E-state index in [1.165, 1.54) is 0 Å². The number of hydrogen-bond donors (Lipinski definition) is 0. The second-order valence-corrected chi connectivity index (χ2v) is 6.68. The summed E-state index contributed by atoms with van der Waals surface area (Å²) in [7, 11) is 2.05. The molecule has 135 valence electrons. The first kappa shape index (κ1) is 19.0. The van der Waals surface area contributed by atoms with Crippen LogP contribution in [0.2, 0.25) is 0 Å². The number of benzene rings is 2. The Kier molecular flexibility index (Phi) is 4.90. The summed E-state index contributed by atoms with van der Waals surface area (Å²) in [4.78, 5) is 8.99. The molecule has 6 heteroatoms. The van der Waals surface area contributed by atoms with Crippen molar-refractivity contribution in [1.82, 2.24) is 19.1 Å². The third-order valence-corrected chi connectivity index (χ3v) is 5.06. The van der Waals surface area contributed by atoms with Gasteiger partial charge in [0.25, 0.3) is 5.82 Å². The van der Waals surface area contributed by atoms with Gasteiger partial charge in [-0.2, -0.15) is 32.3 Å². The minimum Gasteiger partial charge on any atom is -0.371 e. The molecule has 5 aromatic rings. The summed E-state index contributed by atoms with van der Waals surface area (Å²) >= 11 is 0. The van der Waals surface area contributed by atoms with Gasteiger partial charge in [0.2, 0.25) is 0 Å². The van der Waals surface area contributed by atoms with Gasteiger partial charge in [0.05, 0.1) is 0 Å². The van der Waals surface area contributed by atoms with Gasteiger partial charge in [-0.25, -0.2) is 11.1 Å². The molecule has 3 aromatic heterocycles. The largest absolute Gasteiger partial charge is 0.371 e. The second kappa shape index (κ2) is 7.23. The molecular formula is C22H18N5Y-. The van der Waals surface area contributed by atoms with E-state index in [2.05, 4.69) is 70.1 Å². The van der Waals surface area contributed by atoms with E-state index in [0.29, 0.717) is 0 Å². The molecule has 0 atom stereocenters. The van der Waals surface area contributed by atoms with E-state index in [1.54, 1.807) is 6.20 Å². The van der Waals surface area contributed by atoms with Gasteiger partial charge in [0.1, 0.15) is 12.6 Å². The Morgan fingerprint density at radius 2 is 1.79 bits per heavy atom. The molecule has 0 amide bonds. The van der Waals surface area contributed by atoms with Gasteiger partial charge in [0, 0.05) is 45.3 Å². The van der Waals surface area contributed by atoms with Crippen molar-refractivity contribution in [1.29, 1.82) is 0 Å². The standard InChI is InChI=1S/C22H18N5.Y/c1-15-10-11-17(18-7-6-12-23-14-18)13-21(15)27-22-24-19-8-4-5-9-20(19)26(22)16(2)25(27)3;/h4-12H,1-3H3;/q-1;. The van der Waals surface area contributed by atoms with Crippen molar-refractivity contribution in [3.63, 3.8) is 0 Å². The van der Waals surface area contributed by atoms with E-state index < -0.39 is 0 Å². The van der Waals surface area contributed by atoms with Crippen LogP contribution in [0.15, 0.2) is 54.7 Å². The van der Waals surface area contributed by atoms with Crippen molar-refractivity contribution in [2.45, 2.75) is 13.8 Å². The molecule has 2 aromatic carbocycles. The molecule has 28 heavy (non-hydrogen) atoms. The molecule has 0 aliphatic carbocycles. The van der Waals surface area contributed by atoms with Crippen LogP contribution >= 0.6 is 0 Å². The van der Waals surface area contributed by atoms with Crippen LogP contribution < -0.4 is 4.68 Å². The van der Waals surface area contributed by atoms with Gasteiger partial charge in [-0.15, -0.1) is 22.4 Å². The molecule has 3 heterocycles. The number of aryl methyl sites for hydroxylation is 2. The Morgan fingerprint density at radius 3 is 2.57 bits per heavy atom. The molecule has 0 unspecified atom stereocenters. The number of aromatic nitrogens is 5. The van der Waals surface area contributed by atoms with E-state index in [1.807, 2.05) is 30.3 Å². The van der Waals surface area contributed by atoms with E-state index in [0.717, 1.165) is 45.0 Å². The number of fused-ring (bicyclic) bond motifs is 3. The fourth-order valence-corrected chi connectivity index (χ4v) is 3.56. The van der Waals surface area contributed by atoms with Crippen LogP contribution in [-0.4, -0.2) is 19.1 Å². The molecule has 0 spiro atoms. The quantitative estimate of drug-likeness (QED) is 0.311. The molecule has 0 aliphatic rings. The molecule has 0 N–H and O–H groups in total. The zero-order chi connectivity index (χ0) is 18.5. The number of para-hydroxylation sites is 2. The third-order valence-electron chi connectivity index (χ3n) is 5.06. The van der Waals surface area contributed by atoms with Crippen molar-refractivity contribution < 1.29 is 37.4 Å². The fraction of sp³-hybridized carbons (Fsp3) is 0.136. The van der Waals surface area contributed by atoms with Crippen molar-refractivity contribution in [3.8, 4) is 16.8 Å². The van der Waals surface area contributed by atoms with Gasteiger partial charge in [-0.05, 0) is 12.1 Å². The van der Waals surface area contributed by atoms with Crippen LogP contribution in [0.3, 0.4) is 0 Å². The van der Waals surface area contributed by atoms with Crippen molar-refractivity contribution in [2.75, 3.05) is 0 Å². The summed E-state index contributed by atoms with van der Waals surface area (Å²) in [6.45, 7) is 4.20. The summed E-state index contributed by atoms with van der Waals surface area (Å²) in [5.41, 5.74) is 6.08. The number of imidazole rings is 1. The van der Waals surface area contributed by atoms with Gasteiger partial charge in [-0.3, -0.25) is 0 Å². The van der Waals surface area contributed by atoms with Crippen LogP contribution in [0.25, 0.3) is 33.6 Å². The molecule has 5 rings (SSSR count). The zero-order valence-corrected chi connectivity index (χ0v) is 18.8. The maximum atomic E-state index is 4.88. The van der Waals surface area contributed by atoms with E-state index in [4.69, 9.17) is 4.98 Å². The van der Waals surface area contributed by atoms with E-state index in [9.17, 15) is 0 Å². The van der Waals surface area contributed by atoms with Crippen LogP contribution in [0, 0.1) is 26.1 Å². The summed E-state index contributed by atoms with van der Waals surface area (Å²) in [6.07, 6.45) is 4.77. The van der Waals surface area contributed by atoms with Crippen LogP contribution in [0.1, 0.15) is 11.4 Å². The van der Waals surface area contributed by atoms with Crippen molar-refractivity contribution in [2.24, 2.45) is 7.05 Å². The summed E-state index contributed by atoms with van der Waals surface area (Å²) in [5, 5.41) is 0. The first-order valence-electron chi connectivity index (χ1n) is 8.86. The van der Waals surface area contributed by atoms with E-state index in [-0.39, 0.29) is 32.7 Å². The van der Waals surface area contributed by atoms with E-state index >= 15 is 0 Å². The average molecular weight is 441 g/mol. The van der Waals surface area contributed by atoms with Crippen molar-refractivity contribution in [3.05, 3.63) is 78.4 Å². The third kappa shape index (κ3) is 2.81. The average Bonchev–Trinajstić information content (AvgIpc) is 3.18. The molecule has 5 nitrogen and oxygen atoms in total. The van der Waals surface area contributed by atoms with Crippen LogP contribution in [0.5, 0.6) is 0 Å². The smallest absolute Gasteiger partial charge is 0.342 e. The maximum absolute atomic E-state index is 4.88. The number of rotatable bonds is 2. The number of hydrogen-bond acceptors (Lipinski definition) is 2. The molecule has 1 radical (unpaired) electrons. The van der Waals surface area contributed by atoms with Gasteiger partial charge in [-0.1, -0.05) is 31.5 Å². The Morgan fingerprint density at radius 1 is 0.964 bits per heavy atom. The van der Waals surface area contributed by atoms with Gasteiger partial charge >= 0.3 is 5.78 Å². The molecule has 0 aliphatic heterocycles. The van der Waals surface area contributed by atoms with Crippen LogP contribution in [-0.2, 0) is 39.8 Å². The van der Waals surface area contributed by atoms with Gasteiger partial charge < -0.3 is 4.98 Å². The Bertz CT molecular complexity index is 1300. The predicted molar refractivity (Wildman–Crippen MR) is 104 cm³/mol. The Labute approximate surface area is 188 Å². The SMILES string of the molecule is Cc1ccc(-c2[c-]nccc2)[c-]c1-n1c2nc3ccccc3n2c(C)[n+]1C.[Y]. The molecule has 0 bridgehead atoms. The fourth-order valence-electron chi connectivity index (χ4n) is 3.56. The van der Waals surface area contributed by atoms with Gasteiger partial charge in [0.15, 0.2) is 5.52 Å². The molecule has 0 saturated carbocycles. The summed E-state index contributed by atoms with van der Waals surface area (Å²) < 4.78 is 6.42. The topological polar surface area (TPSA) is 39.0 Å². The minimum atomic E-state index is 0. The van der Waals surface area contributed by atoms with Crippen LogP contribution in [0.4, 0.5) is 0 Å². The normalized spacial score (nSPS) is 11.1. The molecular weight excluding hydrogens is 423 g/mol. The number of nitrogens with zero attached hydrogens (tertiary/aromatic N) is 5. The first-order valence-corrected chi connectivity index (χ1v) is 8.86. The predicted octanol–water partition coefficient (Wildman–Crippen LogP) is 3.38. The Hall–Kier alpha value is -2.37. The molecule has 0 saturated heterocycles.